The summed E-state index contributed by atoms with van der Waals surface area (Å²) >= 11 is 0. The van der Waals surface area contributed by atoms with E-state index in [4.69, 9.17) is 5.11 Å². The molecule has 3 N–H and O–H groups in total. The van der Waals surface area contributed by atoms with Crippen LogP contribution in [0, 0.1) is 6.92 Å². The number of fused-ring (bicyclic) bond motifs is 1. The third-order valence-electron chi connectivity index (χ3n) is 4.59. The molecule has 4 aromatic rings. The van der Waals surface area contributed by atoms with Gasteiger partial charge in [0.25, 0.3) is 0 Å². The summed E-state index contributed by atoms with van der Waals surface area (Å²) in [5.74, 6) is -0.176. The SMILES string of the molecule is Cc1cc2c(c(NCC(=O)O)n1)c(=O)cc(Nc1ccccc1)n2-c1ccccc1. The second-order valence-corrected chi connectivity index (χ2v) is 6.81. The van der Waals surface area contributed by atoms with Crippen LogP contribution < -0.4 is 16.1 Å². The molecule has 0 unspecified atom stereocenters. The lowest BCUT2D eigenvalue weighted by Gasteiger charge is -2.20. The van der Waals surface area contributed by atoms with Crippen LogP contribution in [0.2, 0.25) is 0 Å². The molecule has 0 aliphatic rings. The molecular weight excluding hydrogens is 380 g/mol. The first-order valence-electron chi connectivity index (χ1n) is 9.43. The van der Waals surface area contributed by atoms with Gasteiger partial charge in [0.05, 0.1) is 10.9 Å². The lowest BCUT2D eigenvalue weighted by Crippen LogP contribution is -2.18. The van der Waals surface area contributed by atoms with E-state index in [0.717, 1.165) is 11.4 Å². The molecule has 4 rings (SSSR count). The number of benzene rings is 2. The summed E-state index contributed by atoms with van der Waals surface area (Å²) < 4.78 is 1.93. The predicted molar refractivity (Wildman–Crippen MR) is 118 cm³/mol. The van der Waals surface area contributed by atoms with E-state index in [-0.39, 0.29) is 17.8 Å². The van der Waals surface area contributed by atoms with Crippen LogP contribution >= 0.6 is 0 Å². The number of para-hydroxylation sites is 2. The minimum absolute atomic E-state index is 0.254. The maximum absolute atomic E-state index is 13.1. The Balaban J connectivity index is 2.00. The van der Waals surface area contributed by atoms with Crippen molar-refractivity contribution in [3.8, 4) is 5.69 Å². The molecule has 2 aromatic heterocycles. The highest BCUT2D eigenvalue weighted by Gasteiger charge is 2.16. The fourth-order valence-electron chi connectivity index (χ4n) is 3.37. The van der Waals surface area contributed by atoms with Crippen molar-refractivity contribution in [3.05, 3.63) is 88.7 Å². The summed E-state index contributed by atoms with van der Waals surface area (Å²) in [7, 11) is 0. The number of nitrogens with one attached hydrogen (secondary N) is 2. The van der Waals surface area contributed by atoms with Gasteiger partial charge >= 0.3 is 5.97 Å². The molecule has 0 atom stereocenters. The van der Waals surface area contributed by atoms with Crippen LogP contribution in [0.1, 0.15) is 5.69 Å². The number of aliphatic carboxylic acids is 1. The van der Waals surface area contributed by atoms with E-state index in [1.54, 1.807) is 0 Å². The van der Waals surface area contributed by atoms with E-state index in [9.17, 15) is 9.59 Å². The molecule has 7 heteroatoms. The van der Waals surface area contributed by atoms with Crippen LogP contribution in [0.5, 0.6) is 0 Å². The molecule has 30 heavy (non-hydrogen) atoms. The van der Waals surface area contributed by atoms with Gasteiger partial charge < -0.3 is 15.7 Å². The van der Waals surface area contributed by atoms with Gasteiger partial charge in [-0.3, -0.25) is 14.2 Å². The molecule has 0 amide bonds. The van der Waals surface area contributed by atoms with Gasteiger partial charge in [-0.05, 0) is 37.3 Å². The fraction of sp³-hybridized carbons (Fsp3) is 0.0870. The van der Waals surface area contributed by atoms with E-state index in [0.29, 0.717) is 22.4 Å². The minimum Gasteiger partial charge on any atom is -0.480 e. The first-order chi connectivity index (χ1) is 14.5. The smallest absolute Gasteiger partial charge is 0.322 e. The first kappa shape index (κ1) is 19.2. The van der Waals surface area contributed by atoms with Gasteiger partial charge in [0.2, 0.25) is 0 Å². The number of hydrogen-bond acceptors (Lipinski definition) is 5. The summed E-state index contributed by atoms with van der Waals surface area (Å²) in [5.41, 5.74) is 2.74. The third kappa shape index (κ3) is 3.86. The maximum atomic E-state index is 13.1. The Hall–Kier alpha value is -4.13. The Morgan fingerprint density at radius 2 is 1.70 bits per heavy atom. The summed E-state index contributed by atoms with van der Waals surface area (Å²) in [4.78, 5) is 28.5. The molecule has 0 saturated heterocycles. The fourth-order valence-corrected chi connectivity index (χ4v) is 3.37. The zero-order valence-electron chi connectivity index (χ0n) is 16.3. The largest absolute Gasteiger partial charge is 0.480 e. The quantitative estimate of drug-likeness (QED) is 0.454. The highest BCUT2D eigenvalue weighted by molar-refractivity contribution is 5.93. The van der Waals surface area contributed by atoms with Crippen LogP contribution in [0.25, 0.3) is 16.6 Å². The average Bonchev–Trinajstić information content (AvgIpc) is 2.73. The number of pyridine rings is 2. The molecule has 0 aliphatic carbocycles. The molecule has 0 radical (unpaired) electrons. The Labute approximate surface area is 172 Å². The van der Waals surface area contributed by atoms with E-state index in [1.807, 2.05) is 78.2 Å². The summed E-state index contributed by atoms with van der Waals surface area (Å²) in [5, 5.41) is 15.5. The van der Waals surface area contributed by atoms with Crippen LogP contribution in [0.15, 0.2) is 77.6 Å². The number of rotatable bonds is 6. The number of hydrogen-bond donors (Lipinski definition) is 3. The average molecular weight is 400 g/mol. The number of nitrogens with zero attached hydrogens (tertiary/aromatic N) is 2. The summed E-state index contributed by atoms with van der Waals surface area (Å²) in [6, 6.07) is 22.6. The Morgan fingerprint density at radius 1 is 1.03 bits per heavy atom. The van der Waals surface area contributed by atoms with Crippen molar-refractivity contribution in [2.24, 2.45) is 0 Å². The van der Waals surface area contributed by atoms with Gasteiger partial charge in [0.15, 0.2) is 5.43 Å². The van der Waals surface area contributed by atoms with Crippen molar-refractivity contribution in [1.29, 1.82) is 0 Å². The van der Waals surface area contributed by atoms with Crippen molar-refractivity contribution >= 4 is 34.2 Å². The monoisotopic (exact) mass is 400 g/mol. The number of carboxylic acid groups (broad SMARTS) is 1. The van der Waals surface area contributed by atoms with Gasteiger partial charge in [-0.2, -0.15) is 0 Å². The lowest BCUT2D eigenvalue weighted by molar-refractivity contribution is -0.134. The van der Waals surface area contributed by atoms with Gasteiger partial charge in [-0.1, -0.05) is 36.4 Å². The topological polar surface area (TPSA) is 96.2 Å². The maximum Gasteiger partial charge on any atom is 0.322 e. The van der Waals surface area contributed by atoms with Crippen molar-refractivity contribution in [1.82, 2.24) is 9.55 Å². The Morgan fingerprint density at radius 3 is 2.37 bits per heavy atom. The zero-order chi connectivity index (χ0) is 21.1. The van der Waals surface area contributed by atoms with Crippen molar-refractivity contribution < 1.29 is 9.90 Å². The number of anilines is 3. The highest BCUT2D eigenvalue weighted by atomic mass is 16.4. The van der Waals surface area contributed by atoms with E-state index >= 15 is 0 Å². The zero-order valence-corrected chi connectivity index (χ0v) is 16.3. The molecule has 0 fully saturated rings. The second-order valence-electron chi connectivity index (χ2n) is 6.81. The number of carbonyl (C=O) groups is 1. The summed E-state index contributed by atoms with van der Waals surface area (Å²) in [6.45, 7) is 1.48. The Kier molecular flexibility index (Phi) is 5.17. The van der Waals surface area contributed by atoms with Crippen LogP contribution in [0.3, 0.4) is 0 Å². The van der Waals surface area contributed by atoms with E-state index in [1.165, 1.54) is 6.07 Å². The van der Waals surface area contributed by atoms with Gasteiger partial charge in [0.1, 0.15) is 18.2 Å². The molecule has 7 nitrogen and oxygen atoms in total. The lowest BCUT2D eigenvalue weighted by atomic mass is 10.1. The Bertz CT molecular complexity index is 1270. The van der Waals surface area contributed by atoms with Gasteiger partial charge in [-0.25, -0.2) is 4.98 Å². The predicted octanol–water partition coefficient (Wildman–Crippen LogP) is 3.93. The standard InChI is InChI=1S/C23H20N4O3/c1-15-12-18-22(23(25-15)24-14-21(29)30)19(28)13-20(26-16-8-4-2-5-9-16)27(18)17-10-6-3-7-11-17/h2-13,26H,14H2,1H3,(H,24,25)(H,29,30). The first-order valence-corrected chi connectivity index (χ1v) is 9.43. The van der Waals surface area contributed by atoms with Crippen LogP contribution in [0.4, 0.5) is 17.3 Å². The molecule has 0 saturated carbocycles. The summed E-state index contributed by atoms with van der Waals surface area (Å²) in [6.07, 6.45) is 0. The van der Waals surface area contributed by atoms with Crippen LogP contribution in [-0.2, 0) is 4.79 Å². The second kappa shape index (κ2) is 8.08. The molecule has 0 aliphatic heterocycles. The number of carboxylic acids is 1. The highest BCUT2D eigenvalue weighted by Crippen LogP contribution is 2.28. The van der Waals surface area contributed by atoms with Crippen LogP contribution in [-0.4, -0.2) is 27.2 Å². The normalized spacial score (nSPS) is 10.7. The molecule has 2 heterocycles. The van der Waals surface area contributed by atoms with E-state index < -0.39 is 5.97 Å². The molecule has 0 spiro atoms. The molecule has 2 aromatic carbocycles. The number of aromatic nitrogens is 2. The van der Waals surface area contributed by atoms with Gasteiger partial charge in [0, 0.05) is 23.1 Å². The third-order valence-corrected chi connectivity index (χ3v) is 4.59. The van der Waals surface area contributed by atoms with Gasteiger partial charge in [-0.15, -0.1) is 0 Å². The van der Waals surface area contributed by atoms with Crippen molar-refractivity contribution in [3.63, 3.8) is 0 Å². The van der Waals surface area contributed by atoms with E-state index in [2.05, 4.69) is 15.6 Å². The number of aryl methyl sites for hydroxylation is 1. The van der Waals surface area contributed by atoms with Crippen molar-refractivity contribution in [2.75, 3.05) is 17.2 Å². The molecule has 150 valence electrons. The molecule has 0 bridgehead atoms. The minimum atomic E-state index is -1.03. The van der Waals surface area contributed by atoms with Crippen molar-refractivity contribution in [2.45, 2.75) is 6.92 Å². The molecular formula is C23H20N4O3.